The van der Waals surface area contributed by atoms with E-state index in [2.05, 4.69) is 15.5 Å². The van der Waals surface area contributed by atoms with E-state index in [1.54, 1.807) is 48.6 Å². The van der Waals surface area contributed by atoms with Crippen LogP contribution < -0.4 is 11.1 Å². The van der Waals surface area contributed by atoms with E-state index in [4.69, 9.17) is 5.73 Å². The molecule has 2 amide bonds. The number of hydrogen-bond acceptors (Lipinski definition) is 3. The maximum absolute atomic E-state index is 11.9. The Labute approximate surface area is 105 Å². The first-order chi connectivity index (χ1) is 8.65. The summed E-state index contributed by atoms with van der Waals surface area (Å²) in [6, 6.07) is 6.83. The number of nitrogens with zero attached hydrogens (tertiary/aromatic N) is 2. The molecule has 1 aromatic heterocycles. The zero-order valence-corrected chi connectivity index (χ0v) is 10.1. The van der Waals surface area contributed by atoms with Crippen molar-refractivity contribution >= 4 is 17.4 Å². The smallest absolute Gasteiger partial charge is 0.321 e. The minimum Gasteiger partial charge on any atom is -0.399 e. The van der Waals surface area contributed by atoms with Gasteiger partial charge in [0.1, 0.15) is 0 Å². The van der Waals surface area contributed by atoms with Gasteiger partial charge in [-0.1, -0.05) is 0 Å². The Bertz CT molecular complexity index is 506. The highest BCUT2D eigenvalue weighted by molar-refractivity contribution is 5.89. The van der Waals surface area contributed by atoms with E-state index in [1.807, 2.05) is 0 Å². The maximum Gasteiger partial charge on any atom is 0.321 e. The molecule has 0 aliphatic carbocycles. The summed E-state index contributed by atoms with van der Waals surface area (Å²) < 4.78 is 0. The Morgan fingerprint density at radius 1 is 1.44 bits per heavy atom. The van der Waals surface area contributed by atoms with Crippen LogP contribution in [0.3, 0.4) is 0 Å². The van der Waals surface area contributed by atoms with Crippen LogP contribution >= 0.6 is 0 Å². The number of aromatic nitrogens is 2. The summed E-state index contributed by atoms with van der Waals surface area (Å²) in [7, 11) is 1.72. The van der Waals surface area contributed by atoms with E-state index < -0.39 is 0 Å². The fourth-order valence-corrected chi connectivity index (χ4v) is 1.50. The number of carbonyl (C=O) groups is 1. The van der Waals surface area contributed by atoms with Crippen molar-refractivity contribution in [1.82, 2.24) is 15.1 Å². The van der Waals surface area contributed by atoms with Crippen LogP contribution in [0.15, 0.2) is 36.7 Å². The van der Waals surface area contributed by atoms with Crippen molar-refractivity contribution in [3.63, 3.8) is 0 Å². The molecule has 0 saturated heterocycles. The van der Waals surface area contributed by atoms with Gasteiger partial charge >= 0.3 is 6.03 Å². The van der Waals surface area contributed by atoms with Gasteiger partial charge in [-0.25, -0.2) is 4.79 Å². The number of anilines is 2. The molecule has 6 nitrogen and oxygen atoms in total. The van der Waals surface area contributed by atoms with E-state index in [0.29, 0.717) is 17.9 Å². The summed E-state index contributed by atoms with van der Waals surface area (Å²) in [5.41, 5.74) is 7.91. The minimum atomic E-state index is -0.180. The summed E-state index contributed by atoms with van der Waals surface area (Å²) in [4.78, 5) is 13.4. The van der Waals surface area contributed by atoms with Crippen LogP contribution in [0.1, 0.15) is 5.56 Å². The normalized spacial score (nSPS) is 10.1. The molecule has 6 heteroatoms. The van der Waals surface area contributed by atoms with Gasteiger partial charge in [0.15, 0.2) is 0 Å². The van der Waals surface area contributed by atoms with Crippen LogP contribution in [-0.4, -0.2) is 28.2 Å². The predicted molar refractivity (Wildman–Crippen MR) is 69.9 cm³/mol. The third-order valence-electron chi connectivity index (χ3n) is 2.48. The van der Waals surface area contributed by atoms with Crippen molar-refractivity contribution < 1.29 is 4.79 Å². The van der Waals surface area contributed by atoms with Crippen molar-refractivity contribution in [3.05, 3.63) is 42.2 Å². The molecular formula is C12H15N5O. The molecule has 0 aliphatic rings. The van der Waals surface area contributed by atoms with Gasteiger partial charge in [-0.05, 0) is 24.3 Å². The molecule has 1 heterocycles. The Morgan fingerprint density at radius 3 is 2.78 bits per heavy atom. The maximum atomic E-state index is 11.9. The number of carbonyl (C=O) groups excluding carboxylic acids is 1. The summed E-state index contributed by atoms with van der Waals surface area (Å²) in [6.07, 6.45) is 3.44. The standard InChI is InChI=1S/C12H15N5O/c1-17(8-9-6-14-15-7-9)12(18)16-11-4-2-10(13)3-5-11/h2-7H,8,13H2,1H3,(H,14,15)(H,16,18). The molecule has 0 aliphatic heterocycles. The van der Waals surface area contributed by atoms with Gasteiger partial charge in [0.2, 0.25) is 0 Å². The van der Waals surface area contributed by atoms with E-state index >= 15 is 0 Å². The molecule has 2 rings (SSSR count). The van der Waals surface area contributed by atoms with Gasteiger partial charge in [-0.15, -0.1) is 0 Å². The van der Waals surface area contributed by atoms with Crippen LogP contribution in [0.4, 0.5) is 16.2 Å². The number of nitrogens with two attached hydrogens (primary N) is 1. The highest BCUT2D eigenvalue weighted by Crippen LogP contribution is 2.11. The molecule has 0 fully saturated rings. The van der Waals surface area contributed by atoms with Gasteiger partial charge in [0.05, 0.1) is 12.7 Å². The number of rotatable bonds is 3. The van der Waals surface area contributed by atoms with Gasteiger partial charge in [0.25, 0.3) is 0 Å². The van der Waals surface area contributed by atoms with E-state index in [0.717, 1.165) is 5.56 Å². The molecule has 0 atom stereocenters. The van der Waals surface area contributed by atoms with E-state index in [1.165, 1.54) is 0 Å². The van der Waals surface area contributed by atoms with Crippen molar-refractivity contribution in [1.29, 1.82) is 0 Å². The van der Waals surface area contributed by atoms with E-state index in [9.17, 15) is 4.79 Å². The molecule has 0 spiro atoms. The lowest BCUT2D eigenvalue weighted by Crippen LogP contribution is -2.30. The van der Waals surface area contributed by atoms with Crippen LogP contribution in [-0.2, 0) is 6.54 Å². The first-order valence-corrected chi connectivity index (χ1v) is 5.50. The van der Waals surface area contributed by atoms with Crippen molar-refractivity contribution in [2.45, 2.75) is 6.54 Å². The fourth-order valence-electron chi connectivity index (χ4n) is 1.50. The lowest BCUT2D eigenvalue weighted by Gasteiger charge is -2.17. The molecule has 4 N–H and O–H groups in total. The highest BCUT2D eigenvalue weighted by Gasteiger charge is 2.09. The average molecular weight is 245 g/mol. The SMILES string of the molecule is CN(Cc1cn[nH]c1)C(=O)Nc1ccc(N)cc1. The first-order valence-electron chi connectivity index (χ1n) is 5.50. The molecule has 2 aromatic rings. The molecule has 0 bridgehead atoms. The number of H-pyrrole nitrogens is 1. The number of urea groups is 1. The zero-order valence-electron chi connectivity index (χ0n) is 10.1. The molecular weight excluding hydrogens is 230 g/mol. The second kappa shape index (κ2) is 5.22. The van der Waals surface area contributed by atoms with Crippen LogP contribution in [0.2, 0.25) is 0 Å². The third-order valence-corrected chi connectivity index (χ3v) is 2.48. The summed E-state index contributed by atoms with van der Waals surface area (Å²) in [5, 5.41) is 9.32. The minimum absolute atomic E-state index is 0.180. The number of hydrogen-bond donors (Lipinski definition) is 3. The van der Waals surface area contributed by atoms with Gasteiger partial charge in [-0.3, -0.25) is 5.10 Å². The lowest BCUT2D eigenvalue weighted by atomic mass is 10.3. The topological polar surface area (TPSA) is 87.0 Å². The van der Waals surface area contributed by atoms with Crippen LogP contribution in [0.5, 0.6) is 0 Å². The average Bonchev–Trinajstić information content (AvgIpc) is 2.85. The first kappa shape index (κ1) is 12.0. The largest absolute Gasteiger partial charge is 0.399 e. The number of amides is 2. The molecule has 0 radical (unpaired) electrons. The van der Waals surface area contributed by atoms with Gasteiger partial charge in [-0.2, -0.15) is 5.10 Å². The third kappa shape index (κ3) is 3.00. The Morgan fingerprint density at radius 2 is 2.17 bits per heavy atom. The Kier molecular flexibility index (Phi) is 3.47. The summed E-state index contributed by atoms with van der Waals surface area (Å²) in [5.74, 6) is 0. The Hall–Kier alpha value is -2.50. The molecule has 94 valence electrons. The number of benzene rings is 1. The highest BCUT2D eigenvalue weighted by atomic mass is 16.2. The summed E-state index contributed by atoms with van der Waals surface area (Å²) in [6.45, 7) is 0.497. The molecule has 0 unspecified atom stereocenters. The zero-order chi connectivity index (χ0) is 13.0. The van der Waals surface area contributed by atoms with Crippen molar-refractivity contribution in [2.75, 3.05) is 18.1 Å². The summed E-state index contributed by atoms with van der Waals surface area (Å²) >= 11 is 0. The fraction of sp³-hybridized carbons (Fsp3) is 0.167. The molecule has 0 saturated carbocycles. The van der Waals surface area contributed by atoms with Crippen LogP contribution in [0.25, 0.3) is 0 Å². The number of nitrogen functional groups attached to an aromatic ring is 1. The number of aromatic amines is 1. The Balaban J connectivity index is 1.93. The number of nitrogens with one attached hydrogen (secondary N) is 2. The van der Waals surface area contributed by atoms with E-state index in [-0.39, 0.29) is 6.03 Å². The van der Waals surface area contributed by atoms with Crippen molar-refractivity contribution in [3.8, 4) is 0 Å². The molecule has 1 aromatic carbocycles. The quantitative estimate of drug-likeness (QED) is 0.718. The van der Waals surface area contributed by atoms with Crippen molar-refractivity contribution in [2.24, 2.45) is 0 Å². The second-order valence-electron chi connectivity index (χ2n) is 4.01. The monoisotopic (exact) mass is 245 g/mol. The van der Waals surface area contributed by atoms with Crippen LogP contribution in [0, 0.1) is 0 Å². The van der Waals surface area contributed by atoms with Gasteiger partial charge < -0.3 is 16.0 Å². The van der Waals surface area contributed by atoms with Gasteiger partial charge in [0, 0.05) is 30.2 Å². The lowest BCUT2D eigenvalue weighted by molar-refractivity contribution is 0.220. The second-order valence-corrected chi connectivity index (χ2v) is 4.01. The molecule has 18 heavy (non-hydrogen) atoms. The predicted octanol–water partition coefficient (Wildman–Crippen LogP) is 1.66.